The lowest BCUT2D eigenvalue weighted by atomic mass is 9.99. The summed E-state index contributed by atoms with van der Waals surface area (Å²) < 4.78 is 81.0. The van der Waals surface area contributed by atoms with E-state index in [2.05, 4.69) is 13.6 Å². The van der Waals surface area contributed by atoms with E-state index in [9.17, 15) is 28.4 Å². The summed E-state index contributed by atoms with van der Waals surface area (Å²) in [6.45, 7) is 2.01. The molecule has 15 nitrogen and oxygen atoms in total. The lowest BCUT2D eigenvalue weighted by Gasteiger charge is -2.45. The minimum atomic E-state index is -4.80. The Labute approximate surface area is 186 Å². The van der Waals surface area contributed by atoms with E-state index < -0.39 is 54.2 Å². The number of hydrogen-bond donors (Lipinski definition) is 3. The molecule has 1 fully saturated rings. The topological polar surface area (TPSA) is 195 Å². The van der Waals surface area contributed by atoms with Gasteiger partial charge in [-0.25, -0.2) is 13.7 Å². The highest BCUT2D eigenvalue weighted by Gasteiger charge is 2.55. The normalized spacial score (nSPS) is 32.1. The van der Waals surface area contributed by atoms with Gasteiger partial charge in [-0.1, -0.05) is 13.3 Å². The van der Waals surface area contributed by atoms with Crippen molar-refractivity contribution in [2.45, 2.75) is 50.5 Å². The number of phosphoric acid groups is 3. The number of hydrogen-bond acceptors (Lipinski definition) is 12. The van der Waals surface area contributed by atoms with Crippen LogP contribution in [0.4, 0.5) is 0 Å². The molecule has 0 aromatic carbocycles. The van der Waals surface area contributed by atoms with E-state index in [1.54, 1.807) is 0 Å². The van der Waals surface area contributed by atoms with Gasteiger partial charge < -0.3 is 28.9 Å². The number of phosphoric ester groups is 3. The largest absolute Gasteiger partial charge is 0.472 e. The van der Waals surface area contributed by atoms with Crippen molar-refractivity contribution in [1.82, 2.24) is 0 Å². The van der Waals surface area contributed by atoms with Crippen molar-refractivity contribution in [1.29, 1.82) is 0 Å². The number of rotatable bonds is 15. The van der Waals surface area contributed by atoms with Crippen molar-refractivity contribution in [2.24, 2.45) is 0 Å². The van der Waals surface area contributed by atoms with Crippen molar-refractivity contribution in [3.05, 3.63) is 0 Å². The van der Waals surface area contributed by atoms with Crippen molar-refractivity contribution >= 4 is 23.5 Å². The van der Waals surface area contributed by atoms with Gasteiger partial charge in [0.2, 0.25) is 0 Å². The molecule has 1 saturated heterocycles. The van der Waals surface area contributed by atoms with Gasteiger partial charge in [0.05, 0.1) is 6.61 Å². The summed E-state index contributed by atoms with van der Waals surface area (Å²) in [5.74, 6) is 0. The third-order valence-corrected chi connectivity index (χ3v) is 7.12. The van der Waals surface area contributed by atoms with Crippen LogP contribution in [0.1, 0.15) is 19.8 Å². The van der Waals surface area contributed by atoms with Crippen LogP contribution in [-0.4, -0.2) is 87.0 Å². The minimum Gasteiger partial charge on any atom is -0.379 e. The van der Waals surface area contributed by atoms with Gasteiger partial charge in [0, 0.05) is 35.0 Å². The first-order valence-electron chi connectivity index (χ1n) is 9.32. The fourth-order valence-electron chi connectivity index (χ4n) is 2.60. The standard InChI is InChI=1S/C14H31O15P3/c1-6-7-8-25-9-10-11(27-30(15,16)22-3)12(28-31(17,18)23-4)13(14(21-2)26-10)29-32(19,20)24-5/h10-14H,6-9H2,1-5H3,(H,15,16)(H,17,18)(H,19,20)/t10-,11-,12+,13+,14+/m1/s1. The predicted molar refractivity (Wildman–Crippen MR) is 107 cm³/mol. The van der Waals surface area contributed by atoms with Gasteiger partial charge >= 0.3 is 23.5 Å². The first-order chi connectivity index (χ1) is 14.8. The number of methoxy groups -OCH3 is 1. The van der Waals surface area contributed by atoms with E-state index in [1.165, 1.54) is 0 Å². The van der Waals surface area contributed by atoms with Gasteiger partial charge in [0.1, 0.15) is 24.4 Å². The minimum absolute atomic E-state index is 0.232. The average Bonchev–Trinajstić information content (AvgIpc) is 2.74. The van der Waals surface area contributed by atoms with E-state index in [-0.39, 0.29) is 6.61 Å². The zero-order valence-corrected chi connectivity index (χ0v) is 21.0. The van der Waals surface area contributed by atoms with E-state index >= 15 is 0 Å². The van der Waals surface area contributed by atoms with Crippen LogP contribution in [-0.2, 0) is 55.0 Å². The molecule has 192 valence electrons. The monoisotopic (exact) mass is 532 g/mol. The highest BCUT2D eigenvalue weighted by atomic mass is 31.2. The molecule has 0 aromatic heterocycles. The third kappa shape index (κ3) is 9.46. The molecule has 1 rings (SSSR count). The zero-order chi connectivity index (χ0) is 24.6. The highest BCUT2D eigenvalue weighted by Crippen LogP contribution is 2.53. The molecule has 1 heterocycles. The van der Waals surface area contributed by atoms with Crippen molar-refractivity contribution < 1.29 is 69.7 Å². The SMILES string of the molecule is CCCCOC[C@H]1O[C@H](OC)[C@@H](OP(=O)(O)OC)[C@@H](OP(=O)(O)OC)[C@@H]1OP(=O)(O)OC. The Kier molecular flexibility index (Phi) is 12.6. The second-order valence-electron chi connectivity index (χ2n) is 6.37. The molecule has 0 amide bonds. The highest BCUT2D eigenvalue weighted by molar-refractivity contribution is 7.48. The molecule has 1 aliphatic rings. The van der Waals surface area contributed by atoms with Gasteiger partial charge in [-0.3, -0.25) is 27.1 Å². The van der Waals surface area contributed by atoms with Crippen LogP contribution in [0.25, 0.3) is 0 Å². The zero-order valence-electron chi connectivity index (χ0n) is 18.3. The Balaban J connectivity index is 3.41. The summed E-state index contributed by atoms with van der Waals surface area (Å²) in [6.07, 6.45) is -6.45. The summed E-state index contributed by atoms with van der Waals surface area (Å²) in [7, 11) is -10.5. The van der Waals surface area contributed by atoms with Crippen molar-refractivity contribution in [3.8, 4) is 0 Å². The average molecular weight is 532 g/mol. The first kappa shape index (κ1) is 30.2. The van der Waals surface area contributed by atoms with Gasteiger partial charge in [0.15, 0.2) is 6.29 Å². The second kappa shape index (κ2) is 13.3. The van der Waals surface area contributed by atoms with Gasteiger partial charge in [-0.2, -0.15) is 0 Å². The second-order valence-corrected chi connectivity index (χ2v) is 10.9. The maximum Gasteiger partial charge on any atom is 0.472 e. The van der Waals surface area contributed by atoms with Crippen molar-refractivity contribution in [2.75, 3.05) is 41.7 Å². The fourth-order valence-corrected chi connectivity index (χ4v) is 4.49. The van der Waals surface area contributed by atoms with Crippen molar-refractivity contribution in [3.63, 3.8) is 0 Å². The molecule has 8 atom stereocenters. The Hall–Kier alpha value is 0.210. The molecule has 18 heteroatoms. The van der Waals surface area contributed by atoms with Gasteiger partial charge in [0.25, 0.3) is 0 Å². The maximum absolute atomic E-state index is 12.2. The lowest BCUT2D eigenvalue weighted by molar-refractivity contribution is -0.287. The van der Waals surface area contributed by atoms with Gasteiger partial charge in [-0.05, 0) is 6.42 Å². The van der Waals surface area contributed by atoms with Crippen LogP contribution in [0, 0.1) is 0 Å². The summed E-state index contributed by atoms with van der Waals surface area (Å²) in [5, 5.41) is 0. The molecule has 0 saturated carbocycles. The quantitative estimate of drug-likeness (QED) is 0.203. The maximum atomic E-state index is 12.2. The smallest absolute Gasteiger partial charge is 0.379 e. The van der Waals surface area contributed by atoms with Crippen LogP contribution in [0.15, 0.2) is 0 Å². The molecule has 3 N–H and O–H groups in total. The van der Waals surface area contributed by atoms with Crippen LogP contribution < -0.4 is 0 Å². The molecular weight excluding hydrogens is 501 g/mol. The Bertz CT molecular complexity index is 705. The molecular formula is C14H31O15P3. The summed E-state index contributed by atoms with van der Waals surface area (Å²) in [6, 6.07) is 0. The third-order valence-electron chi connectivity index (χ3n) is 4.20. The van der Waals surface area contributed by atoms with E-state index in [1.807, 2.05) is 6.92 Å². The van der Waals surface area contributed by atoms with E-state index in [0.29, 0.717) is 13.0 Å². The lowest BCUT2D eigenvalue weighted by Crippen LogP contribution is -2.61. The Morgan fingerprint density at radius 1 is 0.781 bits per heavy atom. The van der Waals surface area contributed by atoms with Crippen LogP contribution in [0.3, 0.4) is 0 Å². The summed E-state index contributed by atoms with van der Waals surface area (Å²) >= 11 is 0. The fraction of sp³-hybridized carbons (Fsp3) is 1.00. The molecule has 0 spiro atoms. The molecule has 32 heavy (non-hydrogen) atoms. The Morgan fingerprint density at radius 2 is 1.25 bits per heavy atom. The predicted octanol–water partition coefficient (Wildman–Crippen LogP) is 1.57. The van der Waals surface area contributed by atoms with Crippen LogP contribution in [0.2, 0.25) is 0 Å². The molecule has 0 aliphatic carbocycles. The molecule has 0 bridgehead atoms. The summed E-state index contributed by atoms with van der Waals surface area (Å²) in [4.78, 5) is 29.5. The van der Waals surface area contributed by atoms with Gasteiger partial charge in [-0.15, -0.1) is 0 Å². The Morgan fingerprint density at radius 3 is 1.69 bits per heavy atom. The van der Waals surface area contributed by atoms with Crippen LogP contribution in [0.5, 0.6) is 0 Å². The number of ether oxygens (including phenoxy) is 3. The van der Waals surface area contributed by atoms with E-state index in [0.717, 1.165) is 34.9 Å². The number of unbranched alkanes of at least 4 members (excludes halogenated alkanes) is 1. The summed E-state index contributed by atoms with van der Waals surface area (Å²) in [5.41, 5.74) is 0. The molecule has 1 aliphatic heterocycles. The van der Waals surface area contributed by atoms with E-state index in [4.69, 9.17) is 27.8 Å². The van der Waals surface area contributed by atoms with Crippen LogP contribution >= 0.6 is 23.5 Å². The first-order valence-corrected chi connectivity index (χ1v) is 13.8. The molecule has 0 radical (unpaired) electrons. The molecule has 0 aromatic rings. The molecule has 3 unspecified atom stereocenters.